The number of amides is 1. The molecule has 0 saturated carbocycles. The van der Waals surface area contributed by atoms with E-state index in [9.17, 15) is 4.79 Å². The Bertz CT molecular complexity index is 257. The second-order valence-electron chi connectivity index (χ2n) is 4.33. The molecule has 0 aromatic carbocycles. The summed E-state index contributed by atoms with van der Waals surface area (Å²) in [5.74, 6) is 2.77. The maximum atomic E-state index is 11.9. The molecule has 1 amide bonds. The Balaban J connectivity index is 2.45. The Morgan fingerprint density at radius 2 is 2.38 bits per heavy atom. The molecule has 1 saturated heterocycles. The van der Waals surface area contributed by atoms with Crippen LogP contribution in [0.25, 0.3) is 0 Å². The van der Waals surface area contributed by atoms with Crippen LogP contribution in [0.15, 0.2) is 0 Å². The first kappa shape index (κ1) is 13.1. The summed E-state index contributed by atoms with van der Waals surface area (Å²) in [4.78, 5) is 14.0. The lowest BCUT2D eigenvalue weighted by atomic mass is 9.98. The Hall–Kier alpha value is -1.01. The number of hydrogen-bond donors (Lipinski definition) is 1. The van der Waals surface area contributed by atoms with Gasteiger partial charge in [-0.3, -0.25) is 4.79 Å². The summed E-state index contributed by atoms with van der Waals surface area (Å²) in [5, 5.41) is 3.15. The van der Waals surface area contributed by atoms with Crippen molar-refractivity contribution in [3.8, 4) is 12.3 Å². The molecule has 1 N–H and O–H groups in total. The second-order valence-corrected chi connectivity index (χ2v) is 4.33. The third kappa shape index (κ3) is 3.86. The largest absolute Gasteiger partial charge is 0.340 e. The van der Waals surface area contributed by atoms with Crippen molar-refractivity contribution in [3.63, 3.8) is 0 Å². The molecule has 0 aromatic rings. The highest BCUT2D eigenvalue weighted by atomic mass is 16.2. The van der Waals surface area contributed by atoms with Crippen LogP contribution in [0.3, 0.4) is 0 Å². The SMILES string of the molecule is C#CCCC(=O)N1CCCCC1CCNC. The van der Waals surface area contributed by atoms with Crippen LogP contribution in [0, 0.1) is 12.3 Å². The summed E-state index contributed by atoms with van der Waals surface area (Å²) in [7, 11) is 1.95. The predicted molar refractivity (Wildman–Crippen MR) is 66.0 cm³/mol. The van der Waals surface area contributed by atoms with Crippen molar-refractivity contribution in [3.05, 3.63) is 0 Å². The lowest BCUT2D eigenvalue weighted by Crippen LogP contribution is -2.44. The number of hydrogen-bond acceptors (Lipinski definition) is 2. The zero-order valence-corrected chi connectivity index (χ0v) is 10.2. The second kappa shape index (κ2) is 7.29. The number of carbonyl (C=O) groups excluding carboxylic acids is 1. The fourth-order valence-electron chi connectivity index (χ4n) is 2.26. The molecule has 0 spiro atoms. The Labute approximate surface area is 98.6 Å². The van der Waals surface area contributed by atoms with Gasteiger partial charge in [0.15, 0.2) is 0 Å². The van der Waals surface area contributed by atoms with Gasteiger partial charge in [0.05, 0.1) is 0 Å². The highest BCUT2D eigenvalue weighted by molar-refractivity contribution is 5.76. The van der Waals surface area contributed by atoms with E-state index < -0.39 is 0 Å². The maximum Gasteiger partial charge on any atom is 0.223 e. The van der Waals surface area contributed by atoms with Crippen molar-refractivity contribution >= 4 is 5.91 Å². The molecule has 1 aliphatic heterocycles. The fraction of sp³-hybridized carbons (Fsp3) is 0.769. The molecule has 0 aromatic heterocycles. The van der Waals surface area contributed by atoms with E-state index in [2.05, 4.69) is 11.2 Å². The molecule has 1 fully saturated rings. The molecule has 0 radical (unpaired) electrons. The van der Waals surface area contributed by atoms with Crippen LogP contribution in [0.2, 0.25) is 0 Å². The number of likely N-dealkylation sites (tertiary alicyclic amines) is 1. The quantitative estimate of drug-likeness (QED) is 0.713. The van der Waals surface area contributed by atoms with Gasteiger partial charge in [-0.1, -0.05) is 0 Å². The van der Waals surface area contributed by atoms with Crippen molar-refractivity contribution in [2.45, 2.75) is 44.6 Å². The lowest BCUT2D eigenvalue weighted by molar-refractivity contribution is -0.134. The Morgan fingerprint density at radius 1 is 1.56 bits per heavy atom. The number of nitrogens with one attached hydrogen (secondary N) is 1. The summed E-state index contributed by atoms with van der Waals surface area (Å²) < 4.78 is 0. The normalized spacial score (nSPS) is 20.5. The molecular weight excluding hydrogens is 200 g/mol. The minimum atomic E-state index is 0.235. The molecule has 16 heavy (non-hydrogen) atoms. The monoisotopic (exact) mass is 222 g/mol. The summed E-state index contributed by atoms with van der Waals surface area (Å²) in [5.41, 5.74) is 0. The van der Waals surface area contributed by atoms with E-state index in [1.807, 2.05) is 11.9 Å². The van der Waals surface area contributed by atoms with Crippen LogP contribution in [-0.4, -0.2) is 37.0 Å². The third-order valence-electron chi connectivity index (χ3n) is 3.16. The van der Waals surface area contributed by atoms with Crippen LogP contribution in [-0.2, 0) is 4.79 Å². The van der Waals surface area contributed by atoms with Crippen LogP contribution >= 0.6 is 0 Å². The van der Waals surface area contributed by atoms with E-state index in [1.54, 1.807) is 0 Å². The topological polar surface area (TPSA) is 32.3 Å². The van der Waals surface area contributed by atoms with Gasteiger partial charge >= 0.3 is 0 Å². The number of terminal acetylenes is 1. The van der Waals surface area contributed by atoms with Gasteiger partial charge in [-0.15, -0.1) is 12.3 Å². The van der Waals surface area contributed by atoms with E-state index in [1.165, 1.54) is 6.42 Å². The summed E-state index contributed by atoms with van der Waals surface area (Å²) in [6.45, 7) is 1.89. The van der Waals surface area contributed by atoms with Gasteiger partial charge in [-0.2, -0.15) is 0 Å². The first-order valence-corrected chi connectivity index (χ1v) is 6.17. The van der Waals surface area contributed by atoms with Crippen LogP contribution in [0.4, 0.5) is 0 Å². The molecule has 3 nitrogen and oxygen atoms in total. The van der Waals surface area contributed by atoms with E-state index in [0.29, 0.717) is 18.9 Å². The van der Waals surface area contributed by atoms with Crippen LogP contribution in [0.1, 0.15) is 38.5 Å². The van der Waals surface area contributed by atoms with Gasteiger partial charge in [0.1, 0.15) is 0 Å². The van der Waals surface area contributed by atoms with Gasteiger partial charge in [0.25, 0.3) is 0 Å². The van der Waals surface area contributed by atoms with Crippen molar-refractivity contribution in [2.75, 3.05) is 20.1 Å². The first-order chi connectivity index (χ1) is 7.79. The average Bonchev–Trinajstić information content (AvgIpc) is 2.33. The van der Waals surface area contributed by atoms with Gasteiger partial charge in [0.2, 0.25) is 5.91 Å². The van der Waals surface area contributed by atoms with Crippen molar-refractivity contribution in [1.82, 2.24) is 10.2 Å². The van der Waals surface area contributed by atoms with E-state index in [0.717, 1.165) is 32.4 Å². The first-order valence-electron chi connectivity index (χ1n) is 6.17. The molecule has 1 atom stereocenters. The zero-order valence-electron chi connectivity index (χ0n) is 10.2. The van der Waals surface area contributed by atoms with Crippen LogP contribution < -0.4 is 5.32 Å². The molecule has 90 valence electrons. The minimum Gasteiger partial charge on any atom is -0.340 e. The van der Waals surface area contributed by atoms with Gasteiger partial charge in [-0.05, 0) is 39.3 Å². The Morgan fingerprint density at radius 3 is 3.06 bits per heavy atom. The van der Waals surface area contributed by atoms with E-state index in [-0.39, 0.29) is 5.91 Å². The number of piperidine rings is 1. The molecule has 1 aliphatic rings. The Kier molecular flexibility index (Phi) is 5.95. The summed E-state index contributed by atoms with van der Waals surface area (Å²) in [6, 6.07) is 0.423. The van der Waals surface area contributed by atoms with Crippen molar-refractivity contribution < 1.29 is 4.79 Å². The molecule has 1 heterocycles. The molecular formula is C13H22N2O. The van der Waals surface area contributed by atoms with E-state index in [4.69, 9.17) is 6.42 Å². The highest BCUT2D eigenvalue weighted by Crippen LogP contribution is 2.20. The van der Waals surface area contributed by atoms with Crippen molar-refractivity contribution in [1.29, 1.82) is 0 Å². The summed E-state index contributed by atoms with van der Waals surface area (Å²) >= 11 is 0. The van der Waals surface area contributed by atoms with Crippen LogP contribution in [0.5, 0.6) is 0 Å². The number of nitrogens with zero attached hydrogens (tertiary/aromatic N) is 1. The molecule has 3 heteroatoms. The molecule has 1 rings (SSSR count). The van der Waals surface area contributed by atoms with Gasteiger partial charge in [-0.25, -0.2) is 0 Å². The van der Waals surface area contributed by atoms with E-state index >= 15 is 0 Å². The fourth-order valence-corrected chi connectivity index (χ4v) is 2.26. The molecule has 0 aliphatic carbocycles. The third-order valence-corrected chi connectivity index (χ3v) is 3.16. The van der Waals surface area contributed by atoms with Gasteiger partial charge in [0, 0.05) is 25.4 Å². The van der Waals surface area contributed by atoms with Gasteiger partial charge < -0.3 is 10.2 Å². The van der Waals surface area contributed by atoms with Crippen molar-refractivity contribution in [2.24, 2.45) is 0 Å². The summed E-state index contributed by atoms with van der Waals surface area (Å²) in [6.07, 6.45) is 10.8. The lowest BCUT2D eigenvalue weighted by Gasteiger charge is -2.36. The minimum absolute atomic E-state index is 0.235. The number of carbonyl (C=O) groups is 1. The standard InChI is InChI=1S/C13H22N2O/c1-3-4-8-13(16)15-11-6-5-7-12(15)9-10-14-2/h1,12,14H,4-11H2,2H3. The highest BCUT2D eigenvalue weighted by Gasteiger charge is 2.25. The smallest absolute Gasteiger partial charge is 0.223 e. The zero-order chi connectivity index (χ0) is 11.8. The maximum absolute atomic E-state index is 11.9. The predicted octanol–water partition coefficient (Wildman–Crippen LogP) is 1.39. The molecule has 0 bridgehead atoms. The molecule has 1 unspecified atom stereocenters. The number of rotatable bonds is 5. The average molecular weight is 222 g/mol.